The van der Waals surface area contributed by atoms with Gasteiger partial charge in [0.05, 0.1) is 0 Å². The zero-order valence-corrected chi connectivity index (χ0v) is 13.4. The molecule has 4 heteroatoms. The Bertz CT molecular complexity index is 629. The van der Waals surface area contributed by atoms with E-state index in [0.717, 1.165) is 10.6 Å². The van der Waals surface area contributed by atoms with Crippen LogP contribution in [0.25, 0.3) is 0 Å². The predicted octanol–water partition coefficient (Wildman–Crippen LogP) is 4.09. The molecule has 0 saturated heterocycles. The summed E-state index contributed by atoms with van der Waals surface area (Å²) in [7, 11) is -5.23. The molecule has 0 aliphatic carbocycles. The first-order valence-corrected chi connectivity index (χ1v) is 10.8. The highest BCUT2D eigenvalue weighted by Crippen LogP contribution is 2.48. The molecule has 0 bridgehead atoms. The molecule has 0 amide bonds. The van der Waals surface area contributed by atoms with E-state index in [1.165, 1.54) is 0 Å². The van der Waals surface area contributed by atoms with Crippen molar-refractivity contribution in [2.24, 2.45) is 0 Å². The summed E-state index contributed by atoms with van der Waals surface area (Å²) >= 11 is 0. The third-order valence-corrected chi connectivity index (χ3v) is 7.49. The molecule has 2 atom stereocenters. The molecule has 0 spiro atoms. The van der Waals surface area contributed by atoms with Gasteiger partial charge >= 0.3 is 0 Å². The smallest absolute Gasteiger partial charge is 0.133 e. The molecule has 104 valence electrons. The highest BCUT2D eigenvalue weighted by Gasteiger charge is 2.18. The van der Waals surface area contributed by atoms with E-state index in [0.29, 0.717) is 0 Å². The highest BCUT2D eigenvalue weighted by molar-refractivity contribution is 7.77. The van der Waals surface area contributed by atoms with Crippen molar-refractivity contribution in [1.29, 1.82) is 0 Å². The van der Waals surface area contributed by atoms with Crippen LogP contribution in [0.1, 0.15) is 0 Å². The second kappa shape index (κ2) is 5.95. The SMILES string of the molecule is CP(=O)(/C=C/[P@](C)(=O)c1ccccc1)c1ccccc1. The summed E-state index contributed by atoms with van der Waals surface area (Å²) in [5.74, 6) is 3.24. The van der Waals surface area contributed by atoms with E-state index in [1.54, 1.807) is 25.0 Å². The summed E-state index contributed by atoms with van der Waals surface area (Å²) in [6, 6.07) is 18.6. The Kier molecular flexibility index (Phi) is 4.48. The largest absolute Gasteiger partial charge is 0.315 e. The summed E-state index contributed by atoms with van der Waals surface area (Å²) < 4.78 is 25.4. The highest BCUT2D eigenvalue weighted by atomic mass is 31.2. The number of hydrogen-bond donors (Lipinski definition) is 0. The van der Waals surface area contributed by atoms with E-state index in [-0.39, 0.29) is 0 Å². The van der Waals surface area contributed by atoms with E-state index in [2.05, 4.69) is 0 Å². The van der Waals surface area contributed by atoms with Gasteiger partial charge in [0.15, 0.2) is 0 Å². The van der Waals surface area contributed by atoms with Crippen LogP contribution in [0, 0.1) is 0 Å². The van der Waals surface area contributed by atoms with E-state index in [1.807, 2.05) is 60.7 Å². The Hall–Kier alpha value is -1.36. The van der Waals surface area contributed by atoms with Crippen molar-refractivity contribution < 1.29 is 9.13 Å². The van der Waals surface area contributed by atoms with Crippen molar-refractivity contribution in [2.45, 2.75) is 0 Å². The van der Waals surface area contributed by atoms with Gasteiger partial charge in [-0.1, -0.05) is 60.7 Å². The van der Waals surface area contributed by atoms with Crippen molar-refractivity contribution in [1.82, 2.24) is 0 Å². The topological polar surface area (TPSA) is 34.1 Å². The van der Waals surface area contributed by atoms with Crippen molar-refractivity contribution in [3.63, 3.8) is 0 Å². The Balaban J connectivity index is 2.30. The van der Waals surface area contributed by atoms with Crippen LogP contribution in [0.5, 0.6) is 0 Å². The van der Waals surface area contributed by atoms with Gasteiger partial charge in [-0.2, -0.15) is 0 Å². The lowest BCUT2D eigenvalue weighted by atomic mass is 10.4. The van der Waals surface area contributed by atoms with E-state index in [9.17, 15) is 9.13 Å². The van der Waals surface area contributed by atoms with E-state index >= 15 is 0 Å². The molecule has 0 heterocycles. The number of benzene rings is 2. The zero-order valence-electron chi connectivity index (χ0n) is 11.6. The lowest BCUT2D eigenvalue weighted by molar-refractivity contribution is 0.587. The maximum atomic E-state index is 12.7. The van der Waals surface area contributed by atoms with Gasteiger partial charge in [0.25, 0.3) is 0 Å². The second-order valence-electron chi connectivity index (χ2n) is 4.95. The number of rotatable bonds is 4. The van der Waals surface area contributed by atoms with Gasteiger partial charge in [0.1, 0.15) is 14.3 Å². The summed E-state index contributed by atoms with van der Waals surface area (Å²) in [4.78, 5) is 0. The lowest BCUT2D eigenvalue weighted by Crippen LogP contribution is -2.02. The van der Waals surface area contributed by atoms with Gasteiger partial charge in [0.2, 0.25) is 0 Å². The van der Waals surface area contributed by atoms with Crippen LogP contribution < -0.4 is 10.6 Å². The van der Waals surface area contributed by atoms with Crippen LogP contribution in [0.2, 0.25) is 0 Å². The van der Waals surface area contributed by atoms with Gasteiger partial charge in [-0.15, -0.1) is 0 Å². The molecular weight excluding hydrogens is 286 g/mol. The molecule has 0 saturated carbocycles. The molecule has 20 heavy (non-hydrogen) atoms. The fourth-order valence-corrected chi connectivity index (χ4v) is 5.78. The van der Waals surface area contributed by atoms with Gasteiger partial charge in [0, 0.05) is 10.6 Å². The molecule has 0 N–H and O–H groups in total. The predicted molar refractivity (Wildman–Crippen MR) is 88.4 cm³/mol. The standard InChI is InChI=1S/C16H18O2P2/c1-19(17,15-9-5-3-6-10-15)13-14-20(2,18)16-11-7-4-8-12-16/h3-14H,1-2H3/b14-13+/t19-,20?/m0/s1. The molecule has 2 nitrogen and oxygen atoms in total. The van der Waals surface area contributed by atoms with Gasteiger partial charge < -0.3 is 9.13 Å². The Morgan fingerprint density at radius 3 is 1.25 bits per heavy atom. The first-order chi connectivity index (χ1) is 9.42. The van der Waals surface area contributed by atoms with Gasteiger partial charge in [-0.3, -0.25) is 0 Å². The molecule has 2 aromatic carbocycles. The summed E-state index contributed by atoms with van der Waals surface area (Å²) in [5.41, 5.74) is 0. The molecule has 0 fully saturated rings. The fraction of sp³-hybridized carbons (Fsp3) is 0.125. The maximum Gasteiger partial charge on any atom is 0.133 e. The Labute approximate surface area is 120 Å². The molecule has 1 unspecified atom stereocenters. The summed E-state index contributed by atoms with van der Waals surface area (Å²) in [6.07, 6.45) is 0. The van der Waals surface area contributed by atoms with Crippen molar-refractivity contribution in [2.75, 3.05) is 13.3 Å². The Morgan fingerprint density at radius 2 is 0.950 bits per heavy atom. The average molecular weight is 304 g/mol. The van der Waals surface area contributed by atoms with Crippen LogP contribution in [0.15, 0.2) is 72.3 Å². The van der Waals surface area contributed by atoms with Crippen molar-refractivity contribution in [3.8, 4) is 0 Å². The summed E-state index contributed by atoms with van der Waals surface area (Å²) in [6.45, 7) is 3.40. The lowest BCUT2D eigenvalue weighted by Gasteiger charge is -2.11. The monoisotopic (exact) mass is 304 g/mol. The molecule has 0 aromatic heterocycles. The van der Waals surface area contributed by atoms with Crippen LogP contribution >= 0.6 is 14.3 Å². The third kappa shape index (κ3) is 3.60. The molecule has 0 aliphatic rings. The summed E-state index contributed by atoms with van der Waals surface area (Å²) in [5, 5.41) is 1.56. The molecule has 2 rings (SSSR count). The van der Waals surface area contributed by atoms with Crippen molar-refractivity contribution in [3.05, 3.63) is 72.3 Å². The zero-order chi connectivity index (χ0) is 14.6. The van der Waals surface area contributed by atoms with Crippen LogP contribution in [-0.2, 0) is 9.13 Å². The third-order valence-electron chi connectivity index (χ3n) is 3.17. The molecule has 2 aromatic rings. The van der Waals surface area contributed by atoms with Crippen LogP contribution in [0.4, 0.5) is 0 Å². The molecule has 0 radical (unpaired) electrons. The van der Waals surface area contributed by atoms with Gasteiger partial charge in [-0.25, -0.2) is 0 Å². The van der Waals surface area contributed by atoms with Gasteiger partial charge in [-0.05, 0) is 25.0 Å². The first-order valence-electron chi connectivity index (χ1n) is 6.38. The normalized spacial score (nSPS) is 17.5. The quantitative estimate of drug-likeness (QED) is 0.797. The van der Waals surface area contributed by atoms with Crippen molar-refractivity contribution >= 4 is 24.9 Å². The number of hydrogen-bond acceptors (Lipinski definition) is 2. The van der Waals surface area contributed by atoms with Crippen LogP contribution in [-0.4, -0.2) is 13.3 Å². The fourth-order valence-electron chi connectivity index (χ4n) is 1.87. The van der Waals surface area contributed by atoms with E-state index < -0.39 is 14.3 Å². The second-order valence-corrected chi connectivity index (χ2v) is 10.5. The first kappa shape index (κ1) is 15.0. The molecular formula is C16H18O2P2. The maximum absolute atomic E-state index is 12.7. The minimum atomic E-state index is -2.61. The van der Waals surface area contributed by atoms with Crippen LogP contribution in [0.3, 0.4) is 0 Å². The Morgan fingerprint density at radius 1 is 0.650 bits per heavy atom. The minimum Gasteiger partial charge on any atom is -0.315 e. The average Bonchev–Trinajstić information content (AvgIpc) is 2.47. The van der Waals surface area contributed by atoms with E-state index in [4.69, 9.17) is 0 Å². The molecule has 0 aliphatic heterocycles. The minimum absolute atomic E-state index is 0.782.